The van der Waals surface area contributed by atoms with Crippen LogP contribution in [0.1, 0.15) is 37.4 Å². The van der Waals surface area contributed by atoms with Crippen molar-refractivity contribution in [2.45, 2.75) is 41.9 Å². The molecular formula is C13H19NO3S. The van der Waals surface area contributed by atoms with Gasteiger partial charge in [-0.15, -0.1) is 0 Å². The van der Waals surface area contributed by atoms with Gasteiger partial charge in [0, 0.05) is 6.54 Å². The molecule has 0 radical (unpaired) electrons. The van der Waals surface area contributed by atoms with Crippen molar-refractivity contribution in [3.8, 4) is 0 Å². The molecule has 0 spiro atoms. The molecule has 1 atom stereocenters. The molecule has 100 valence electrons. The van der Waals surface area contributed by atoms with E-state index in [0.717, 1.165) is 25.7 Å². The molecule has 18 heavy (non-hydrogen) atoms. The summed E-state index contributed by atoms with van der Waals surface area (Å²) in [4.78, 5) is 0.349. The molecule has 1 fully saturated rings. The van der Waals surface area contributed by atoms with Crippen LogP contribution < -0.4 is 5.73 Å². The van der Waals surface area contributed by atoms with Crippen LogP contribution >= 0.6 is 0 Å². The molecule has 0 bridgehead atoms. The lowest BCUT2D eigenvalue weighted by atomic mass is 10.1. The Hall–Kier alpha value is -0.910. The van der Waals surface area contributed by atoms with Gasteiger partial charge in [-0.1, -0.05) is 25.0 Å². The highest BCUT2D eigenvalue weighted by molar-refractivity contribution is 7.92. The first-order chi connectivity index (χ1) is 8.55. The van der Waals surface area contributed by atoms with Gasteiger partial charge in [0.1, 0.15) is 0 Å². The number of aliphatic hydroxyl groups is 1. The van der Waals surface area contributed by atoms with Gasteiger partial charge in [-0.25, -0.2) is 8.42 Å². The van der Waals surface area contributed by atoms with Gasteiger partial charge < -0.3 is 10.8 Å². The second-order valence-electron chi connectivity index (χ2n) is 4.77. The molecule has 0 saturated heterocycles. The van der Waals surface area contributed by atoms with E-state index in [1.54, 1.807) is 24.3 Å². The van der Waals surface area contributed by atoms with Gasteiger partial charge in [0.15, 0.2) is 9.84 Å². The van der Waals surface area contributed by atoms with E-state index < -0.39 is 15.9 Å². The van der Waals surface area contributed by atoms with Crippen LogP contribution in [0.3, 0.4) is 0 Å². The number of hydrogen-bond donors (Lipinski definition) is 2. The van der Waals surface area contributed by atoms with Crippen molar-refractivity contribution in [3.05, 3.63) is 29.8 Å². The van der Waals surface area contributed by atoms with Crippen LogP contribution in [0.4, 0.5) is 0 Å². The average Bonchev–Trinajstić information content (AvgIpc) is 2.92. The quantitative estimate of drug-likeness (QED) is 0.865. The molecule has 0 amide bonds. The molecule has 1 aromatic rings. The van der Waals surface area contributed by atoms with E-state index in [9.17, 15) is 13.5 Å². The van der Waals surface area contributed by atoms with Crippen LogP contribution in [0.25, 0.3) is 0 Å². The molecule has 1 saturated carbocycles. The minimum Gasteiger partial charge on any atom is -0.387 e. The lowest BCUT2D eigenvalue weighted by molar-refractivity contribution is 0.186. The Balaban J connectivity index is 2.23. The molecular weight excluding hydrogens is 250 g/mol. The first-order valence-corrected chi connectivity index (χ1v) is 7.82. The summed E-state index contributed by atoms with van der Waals surface area (Å²) in [6.45, 7) is 0.134. The maximum absolute atomic E-state index is 12.3. The van der Waals surface area contributed by atoms with E-state index >= 15 is 0 Å². The Morgan fingerprint density at radius 1 is 1.22 bits per heavy atom. The van der Waals surface area contributed by atoms with Gasteiger partial charge in [-0.2, -0.15) is 0 Å². The van der Waals surface area contributed by atoms with Crippen LogP contribution in [-0.4, -0.2) is 25.3 Å². The Labute approximate surface area is 108 Å². The number of hydrogen-bond acceptors (Lipinski definition) is 4. The zero-order valence-electron chi connectivity index (χ0n) is 10.2. The third kappa shape index (κ3) is 2.58. The molecule has 1 aromatic carbocycles. The van der Waals surface area contributed by atoms with Gasteiger partial charge in [-0.3, -0.25) is 0 Å². The van der Waals surface area contributed by atoms with Gasteiger partial charge in [0.25, 0.3) is 0 Å². The van der Waals surface area contributed by atoms with Crippen molar-refractivity contribution < 1.29 is 13.5 Å². The summed E-state index contributed by atoms with van der Waals surface area (Å²) in [6.07, 6.45) is 2.78. The third-order valence-corrected chi connectivity index (χ3v) is 5.84. The molecule has 2 rings (SSSR count). The van der Waals surface area contributed by atoms with Crippen molar-refractivity contribution in [3.63, 3.8) is 0 Å². The van der Waals surface area contributed by atoms with Crippen LogP contribution in [0.15, 0.2) is 29.2 Å². The molecule has 4 nitrogen and oxygen atoms in total. The van der Waals surface area contributed by atoms with E-state index in [0.29, 0.717) is 10.5 Å². The molecule has 0 aliphatic heterocycles. The zero-order chi connectivity index (χ0) is 13.2. The fourth-order valence-corrected chi connectivity index (χ4v) is 4.26. The highest BCUT2D eigenvalue weighted by Gasteiger charge is 2.30. The lowest BCUT2D eigenvalue weighted by Gasteiger charge is -2.13. The minimum absolute atomic E-state index is 0.134. The lowest BCUT2D eigenvalue weighted by Crippen LogP contribution is -2.18. The number of rotatable bonds is 4. The van der Waals surface area contributed by atoms with Crippen molar-refractivity contribution in [2.75, 3.05) is 6.54 Å². The summed E-state index contributed by atoms with van der Waals surface area (Å²) >= 11 is 0. The molecule has 0 heterocycles. The first kappa shape index (κ1) is 13.5. The number of sulfone groups is 1. The van der Waals surface area contributed by atoms with Crippen molar-refractivity contribution in [1.82, 2.24) is 0 Å². The number of aliphatic hydroxyl groups excluding tert-OH is 1. The predicted molar refractivity (Wildman–Crippen MR) is 69.9 cm³/mol. The average molecular weight is 269 g/mol. The normalized spacial score (nSPS) is 19.0. The van der Waals surface area contributed by atoms with E-state index in [2.05, 4.69) is 0 Å². The van der Waals surface area contributed by atoms with E-state index in [1.807, 2.05) is 0 Å². The minimum atomic E-state index is -3.20. The fourth-order valence-electron chi connectivity index (χ4n) is 2.41. The maximum atomic E-state index is 12.3. The molecule has 1 unspecified atom stereocenters. The Morgan fingerprint density at radius 2 is 1.78 bits per heavy atom. The monoisotopic (exact) mass is 269 g/mol. The van der Waals surface area contributed by atoms with Gasteiger partial charge in [0.05, 0.1) is 16.2 Å². The Morgan fingerprint density at radius 3 is 2.28 bits per heavy atom. The number of nitrogens with two attached hydrogens (primary N) is 1. The Bertz CT molecular complexity index is 489. The Kier molecular flexibility index (Phi) is 4.04. The summed E-state index contributed by atoms with van der Waals surface area (Å²) in [7, 11) is -3.20. The van der Waals surface area contributed by atoms with Crippen LogP contribution in [0.5, 0.6) is 0 Å². The SMILES string of the molecule is NCC(O)c1ccc(S(=O)(=O)C2CCCC2)cc1. The van der Waals surface area contributed by atoms with E-state index in [-0.39, 0.29) is 11.8 Å². The largest absolute Gasteiger partial charge is 0.387 e. The highest BCUT2D eigenvalue weighted by Crippen LogP contribution is 2.29. The highest BCUT2D eigenvalue weighted by atomic mass is 32.2. The summed E-state index contributed by atoms with van der Waals surface area (Å²) in [5.74, 6) is 0. The molecule has 3 N–H and O–H groups in total. The summed E-state index contributed by atoms with van der Waals surface area (Å²) < 4.78 is 24.6. The standard InChI is InChI=1S/C13H19NO3S/c14-9-13(15)10-5-7-12(8-6-10)18(16,17)11-3-1-2-4-11/h5-8,11,13,15H,1-4,9,14H2. The van der Waals surface area contributed by atoms with Crippen molar-refractivity contribution in [2.24, 2.45) is 5.73 Å². The summed E-state index contributed by atoms with van der Waals surface area (Å²) in [5, 5.41) is 9.33. The maximum Gasteiger partial charge on any atom is 0.181 e. The topological polar surface area (TPSA) is 80.4 Å². The number of benzene rings is 1. The molecule has 1 aliphatic rings. The van der Waals surface area contributed by atoms with Gasteiger partial charge >= 0.3 is 0 Å². The fraction of sp³-hybridized carbons (Fsp3) is 0.538. The van der Waals surface area contributed by atoms with Crippen molar-refractivity contribution >= 4 is 9.84 Å². The van der Waals surface area contributed by atoms with E-state index in [1.165, 1.54) is 0 Å². The van der Waals surface area contributed by atoms with Crippen LogP contribution in [0.2, 0.25) is 0 Å². The van der Waals surface area contributed by atoms with Gasteiger partial charge in [0.2, 0.25) is 0 Å². The van der Waals surface area contributed by atoms with Crippen LogP contribution in [0, 0.1) is 0 Å². The summed E-state index contributed by atoms with van der Waals surface area (Å²) in [5.41, 5.74) is 6.01. The summed E-state index contributed by atoms with van der Waals surface area (Å²) in [6, 6.07) is 6.42. The smallest absolute Gasteiger partial charge is 0.181 e. The molecule has 5 heteroatoms. The van der Waals surface area contributed by atoms with E-state index in [4.69, 9.17) is 5.73 Å². The first-order valence-electron chi connectivity index (χ1n) is 6.27. The van der Waals surface area contributed by atoms with Crippen LogP contribution in [-0.2, 0) is 9.84 Å². The predicted octanol–water partition coefficient (Wildman–Crippen LogP) is 1.39. The second-order valence-corrected chi connectivity index (χ2v) is 7.00. The second kappa shape index (κ2) is 5.38. The van der Waals surface area contributed by atoms with Gasteiger partial charge in [-0.05, 0) is 30.5 Å². The zero-order valence-corrected chi connectivity index (χ0v) is 11.1. The molecule has 0 aromatic heterocycles. The molecule has 1 aliphatic carbocycles. The third-order valence-electron chi connectivity index (χ3n) is 3.56. The van der Waals surface area contributed by atoms with Crippen molar-refractivity contribution in [1.29, 1.82) is 0 Å².